The Morgan fingerprint density at radius 1 is 1.20 bits per heavy atom. The molecule has 0 saturated heterocycles. The molecule has 0 aliphatic heterocycles. The van der Waals surface area contributed by atoms with Crippen LogP contribution in [0, 0.1) is 11.8 Å². The van der Waals surface area contributed by atoms with Gasteiger partial charge in [-0.1, -0.05) is 12.8 Å². The first-order valence-electron chi connectivity index (χ1n) is 4.05. The second-order valence-corrected chi connectivity index (χ2v) is 3.45. The number of halogens is 1. The van der Waals surface area contributed by atoms with Crippen molar-refractivity contribution in [3.8, 4) is 0 Å². The van der Waals surface area contributed by atoms with Gasteiger partial charge in [0.25, 0.3) is 0 Å². The van der Waals surface area contributed by atoms with Crippen LogP contribution >= 0.6 is 11.6 Å². The van der Waals surface area contributed by atoms with E-state index in [0.29, 0.717) is 18.4 Å². The van der Waals surface area contributed by atoms with Crippen LogP contribution in [0.25, 0.3) is 0 Å². The van der Waals surface area contributed by atoms with Crippen LogP contribution in [-0.4, -0.2) is 17.6 Å². The molecule has 0 amide bonds. The molecule has 2 atom stereocenters. The SMILES string of the molecule is OC[C@@H]1CCCC[C@H]1CCl. The Bertz CT molecular complexity index is 83.3. The van der Waals surface area contributed by atoms with Crippen LogP contribution in [0.5, 0.6) is 0 Å². The molecule has 1 N–H and O–H groups in total. The van der Waals surface area contributed by atoms with Crippen molar-refractivity contribution in [1.29, 1.82) is 0 Å². The molecule has 1 aliphatic carbocycles. The first kappa shape index (κ1) is 8.35. The van der Waals surface area contributed by atoms with Crippen molar-refractivity contribution in [1.82, 2.24) is 0 Å². The van der Waals surface area contributed by atoms with Gasteiger partial charge in [-0.15, -0.1) is 11.6 Å². The molecule has 0 radical (unpaired) electrons. The summed E-state index contributed by atoms with van der Waals surface area (Å²) in [6, 6.07) is 0. The highest BCUT2D eigenvalue weighted by molar-refractivity contribution is 6.18. The Hall–Kier alpha value is 0.250. The van der Waals surface area contributed by atoms with E-state index in [1.54, 1.807) is 0 Å². The first-order valence-corrected chi connectivity index (χ1v) is 4.58. The molecule has 0 spiro atoms. The number of rotatable bonds is 2. The zero-order valence-electron chi connectivity index (χ0n) is 6.22. The fraction of sp³-hybridized carbons (Fsp3) is 1.00. The number of aliphatic hydroxyl groups excluding tert-OH is 1. The molecule has 0 heterocycles. The summed E-state index contributed by atoms with van der Waals surface area (Å²) in [7, 11) is 0. The van der Waals surface area contributed by atoms with E-state index in [1.165, 1.54) is 25.7 Å². The predicted octanol–water partition coefficient (Wildman–Crippen LogP) is 2.02. The average molecular weight is 163 g/mol. The van der Waals surface area contributed by atoms with E-state index in [-0.39, 0.29) is 0 Å². The van der Waals surface area contributed by atoms with Crippen LogP contribution in [0.1, 0.15) is 25.7 Å². The van der Waals surface area contributed by atoms with Crippen LogP contribution in [0.15, 0.2) is 0 Å². The molecule has 60 valence electrons. The predicted molar refractivity (Wildman–Crippen MR) is 43.3 cm³/mol. The lowest BCUT2D eigenvalue weighted by molar-refractivity contribution is 0.146. The van der Waals surface area contributed by atoms with Gasteiger partial charge in [-0.2, -0.15) is 0 Å². The van der Waals surface area contributed by atoms with Crippen molar-refractivity contribution in [3.63, 3.8) is 0 Å². The number of aliphatic hydroxyl groups is 1. The van der Waals surface area contributed by atoms with E-state index < -0.39 is 0 Å². The zero-order chi connectivity index (χ0) is 7.40. The van der Waals surface area contributed by atoms with Crippen LogP contribution in [0.3, 0.4) is 0 Å². The van der Waals surface area contributed by atoms with Gasteiger partial charge >= 0.3 is 0 Å². The largest absolute Gasteiger partial charge is 0.396 e. The van der Waals surface area contributed by atoms with E-state index in [1.807, 2.05) is 0 Å². The van der Waals surface area contributed by atoms with Gasteiger partial charge in [0, 0.05) is 12.5 Å². The fourth-order valence-corrected chi connectivity index (χ4v) is 2.13. The van der Waals surface area contributed by atoms with Gasteiger partial charge in [0.1, 0.15) is 0 Å². The van der Waals surface area contributed by atoms with Crippen molar-refractivity contribution < 1.29 is 5.11 Å². The molecule has 0 unspecified atom stereocenters. The third kappa shape index (κ3) is 1.86. The van der Waals surface area contributed by atoms with E-state index in [0.717, 1.165) is 5.88 Å². The lowest BCUT2D eigenvalue weighted by atomic mass is 9.81. The topological polar surface area (TPSA) is 20.2 Å². The molecule has 1 saturated carbocycles. The molecular weight excluding hydrogens is 148 g/mol. The summed E-state index contributed by atoms with van der Waals surface area (Å²) in [6.07, 6.45) is 4.97. The van der Waals surface area contributed by atoms with Crippen molar-refractivity contribution in [2.24, 2.45) is 11.8 Å². The minimum absolute atomic E-state index is 0.331. The third-order valence-electron chi connectivity index (χ3n) is 2.50. The number of hydrogen-bond donors (Lipinski definition) is 1. The fourth-order valence-electron chi connectivity index (χ4n) is 1.73. The van der Waals surface area contributed by atoms with Gasteiger partial charge in [-0.25, -0.2) is 0 Å². The smallest absolute Gasteiger partial charge is 0.0462 e. The molecule has 0 bridgehead atoms. The van der Waals surface area contributed by atoms with Gasteiger partial charge in [0.15, 0.2) is 0 Å². The summed E-state index contributed by atoms with van der Waals surface area (Å²) in [5, 5.41) is 8.93. The summed E-state index contributed by atoms with van der Waals surface area (Å²) in [6.45, 7) is 0.331. The first-order chi connectivity index (χ1) is 4.88. The summed E-state index contributed by atoms with van der Waals surface area (Å²) in [5.74, 6) is 1.80. The van der Waals surface area contributed by atoms with E-state index in [2.05, 4.69) is 0 Å². The molecule has 1 aliphatic rings. The minimum atomic E-state index is 0.331. The second-order valence-electron chi connectivity index (χ2n) is 3.14. The second kappa shape index (κ2) is 4.20. The van der Waals surface area contributed by atoms with Crippen molar-refractivity contribution in [3.05, 3.63) is 0 Å². The maximum Gasteiger partial charge on any atom is 0.0462 e. The minimum Gasteiger partial charge on any atom is -0.396 e. The quantitative estimate of drug-likeness (QED) is 0.616. The van der Waals surface area contributed by atoms with Crippen molar-refractivity contribution >= 4 is 11.6 Å². The zero-order valence-corrected chi connectivity index (χ0v) is 6.98. The molecule has 10 heavy (non-hydrogen) atoms. The van der Waals surface area contributed by atoms with Gasteiger partial charge in [0.05, 0.1) is 0 Å². The maximum atomic E-state index is 8.93. The summed E-state index contributed by atoms with van der Waals surface area (Å²) < 4.78 is 0. The average Bonchev–Trinajstić information content (AvgIpc) is 2.04. The lowest BCUT2D eigenvalue weighted by Gasteiger charge is -2.28. The Morgan fingerprint density at radius 2 is 1.80 bits per heavy atom. The highest BCUT2D eigenvalue weighted by Crippen LogP contribution is 2.30. The summed E-state index contributed by atoms with van der Waals surface area (Å²) in [5.41, 5.74) is 0. The molecule has 1 fully saturated rings. The Morgan fingerprint density at radius 3 is 2.20 bits per heavy atom. The third-order valence-corrected chi connectivity index (χ3v) is 2.90. The highest BCUT2D eigenvalue weighted by Gasteiger charge is 2.22. The van der Waals surface area contributed by atoms with Crippen LogP contribution < -0.4 is 0 Å². The lowest BCUT2D eigenvalue weighted by Crippen LogP contribution is -2.23. The van der Waals surface area contributed by atoms with E-state index in [4.69, 9.17) is 16.7 Å². The number of alkyl halides is 1. The summed E-state index contributed by atoms with van der Waals surface area (Å²) in [4.78, 5) is 0. The van der Waals surface area contributed by atoms with Gasteiger partial charge in [0.2, 0.25) is 0 Å². The molecule has 2 heteroatoms. The van der Waals surface area contributed by atoms with Crippen LogP contribution in [0.2, 0.25) is 0 Å². The van der Waals surface area contributed by atoms with Crippen molar-refractivity contribution in [2.45, 2.75) is 25.7 Å². The molecule has 0 aromatic heterocycles. The Labute approximate surface area is 67.4 Å². The molecule has 1 nitrogen and oxygen atoms in total. The highest BCUT2D eigenvalue weighted by atomic mass is 35.5. The van der Waals surface area contributed by atoms with Crippen LogP contribution in [-0.2, 0) is 0 Å². The maximum absolute atomic E-state index is 8.93. The monoisotopic (exact) mass is 162 g/mol. The summed E-state index contributed by atoms with van der Waals surface area (Å²) >= 11 is 5.74. The van der Waals surface area contributed by atoms with Gasteiger partial charge in [-0.3, -0.25) is 0 Å². The number of hydrogen-bond acceptors (Lipinski definition) is 1. The standard InChI is InChI=1S/C8H15ClO/c9-5-7-3-1-2-4-8(7)6-10/h7-8,10H,1-6H2/t7-,8-/m0/s1. The Kier molecular flexibility index (Phi) is 3.50. The normalized spacial score (nSPS) is 34.2. The molecular formula is C8H15ClO. The van der Waals surface area contributed by atoms with Gasteiger partial charge in [-0.05, 0) is 24.7 Å². The molecule has 0 aromatic rings. The van der Waals surface area contributed by atoms with Crippen molar-refractivity contribution in [2.75, 3.05) is 12.5 Å². The van der Waals surface area contributed by atoms with E-state index >= 15 is 0 Å². The van der Waals surface area contributed by atoms with Crippen LogP contribution in [0.4, 0.5) is 0 Å². The molecule has 0 aromatic carbocycles. The molecule has 1 rings (SSSR count). The van der Waals surface area contributed by atoms with E-state index in [9.17, 15) is 0 Å². The Balaban J connectivity index is 2.34. The van der Waals surface area contributed by atoms with Gasteiger partial charge < -0.3 is 5.11 Å².